The molecule has 3 unspecified atom stereocenters. The Morgan fingerprint density at radius 3 is 2.27 bits per heavy atom. The summed E-state index contributed by atoms with van der Waals surface area (Å²) >= 11 is 0. The highest BCUT2D eigenvalue weighted by atomic mass is 19.4. The molecule has 8 heteroatoms. The summed E-state index contributed by atoms with van der Waals surface area (Å²) in [7, 11) is 0. The number of carboxylic acids is 1. The zero-order chi connectivity index (χ0) is 23.6. The Kier molecular flexibility index (Phi) is 6.93. The lowest BCUT2D eigenvalue weighted by Gasteiger charge is -2.42. The van der Waals surface area contributed by atoms with E-state index in [1.165, 1.54) is 12.1 Å². The molecule has 0 amide bonds. The quantitative estimate of drug-likeness (QED) is 0.508. The average molecular weight is 465 g/mol. The van der Waals surface area contributed by atoms with Crippen molar-refractivity contribution in [2.75, 3.05) is 19.6 Å². The summed E-state index contributed by atoms with van der Waals surface area (Å²) < 4.78 is 59.7. The van der Waals surface area contributed by atoms with Crippen LogP contribution in [-0.4, -0.2) is 48.1 Å². The lowest BCUT2D eigenvalue weighted by atomic mass is 9.72. The number of alkyl halides is 4. The number of hydrogen-bond acceptors (Lipinski definition) is 3. The van der Waals surface area contributed by atoms with E-state index in [4.69, 9.17) is 9.84 Å². The van der Waals surface area contributed by atoms with Crippen molar-refractivity contribution in [1.82, 2.24) is 4.90 Å². The number of carboxylic acid groups (broad SMARTS) is 1. The van der Waals surface area contributed by atoms with Crippen molar-refractivity contribution in [2.45, 2.75) is 38.2 Å². The third-order valence-electron chi connectivity index (χ3n) is 6.90. The molecule has 33 heavy (non-hydrogen) atoms. The highest BCUT2D eigenvalue weighted by molar-refractivity contribution is 5.88. The molecule has 1 heterocycles. The maximum absolute atomic E-state index is 15.1. The maximum Gasteiger partial charge on any atom is 0.392 e. The number of benzene rings is 2. The number of halogens is 4. The molecule has 4 nitrogen and oxygen atoms in total. The number of rotatable bonds is 7. The number of carbonyl (C=O) groups is 1. The predicted molar refractivity (Wildman–Crippen MR) is 116 cm³/mol. The second kappa shape index (κ2) is 9.71. The molecule has 0 radical (unpaired) electrons. The average Bonchev–Trinajstić information content (AvgIpc) is 2.76. The van der Waals surface area contributed by atoms with Gasteiger partial charge in [-0.1, -0.05) is 30.3 Å². The second-order valence-corrected chi connectivity index (χ2v) is 8.97. The Balaban J connectivity index is 1.33. The Hall–Kier alpha value is -2.61. The van der Waals surface area contributed by atoms with Crippen molar-refractivity contribution in [3.8, 4) is 16.9 Å². The molecule has 1 N–H and O–H groups in total. The fraction of sp³-hybridized carbons (Fsp3) is 0.480. The van der Waals surface area contributed by atoms with Crippen LogP contribution in [0.4, 0.5) is 17.6 Å². The van der Waals surface area contributed by atoms with Crippen molar-refractivity contribution in [3.63, 3.8) is 0 Å². The number of nitrogens with zero attached hydrogens (tertiary/aromatic N) is 1. The lowest BCUT2D eigenvalue weighted by molar-refractivity contribution is -0.215. The van der Waals surface area contributed by atoms with E-state index in [-0.39, 0.29) is 23.8 Å². The Morgan fingerprint density at radius 1 is 1.03 bits per heavy atom. The highest BCUT2D eigenvalue weighted by Gasteiger charge is 2.50. The summed E-state index contributed by atoms with van der Waals surface area (Å²) in [4.78, 5) is 13.1. The minimum Gasteiger partial charge on any atom is -0.478 e. The van der Waals surface area contributed by atoms with Gasteiger partial charge in [-0.15, -0.1) is 0 Å². The van der Waals surface area contributed by atoms with Crippen molar-refractivity contribution in [3.05, 3.63) is 54.1 Å². The van der Waals surface area contributed by atoms with Crippen LogP contribution in [0.15, 0.2) is 48.5 Å². The first-order valence-corrected chi connectivity index (χ1v) is 11.2. The molecular weight excluding hydrogens is 438 g/mol. The van der Waals surface area contributed by atoms with E-state index in [2.05, 4.69) is 0 Å². The van der Waals surface area contributed by atoms with Crippen LogP contribution >= 0.6 is 0 Å². The molecular formula is C25H27F4NO3. The lowest BCUT2D eigenvalue weighted by Crippen LogP contribution is -2.47. The summed E-state index contributed by atoms with van der Waals surface area (Å²) in [6, 6.07) is 13.3. The van der Waals surface area contributed by atoms with Crippen LogP contribution in [0.25, 0.3) is 11.1 Å². The summed E-state index contributed by atoms with van der Waals surface area (Å²) in [6.07, 6.45) is -3.79. The van der Waals surface area contributed by atoms with Gasteiger partial charge in [0.2, 0.25) is 6.36 Å². The first kappa shape index (κ1) is 23.5. The maximum atomic E-state index is 15.1. The molecule has 0 aromatic heterocycles. The first-order valence-electron chi connectivity index (χ1n) is 11.2. The van der Waals surface area contributed by atoms with Gasteiger partial charge >= 0.3 is 12.1 Å². The van der Waals surface area contributed by atoms with Crippen LogP contribution in [-0.2, 0) is 0 Å². The topological polar surface area (TPSA) is 49.8 Å². The van der Waals surface area contributed by atoms with Gasteiger partial charge in [0.15, 0.2) is 0 Å². The molecule has 1 saturated heterocycles. The van der Waals surface area contributed by atoms with Crippen molar-refractivity contribution >= 4 is 5.97 Å². The van der Waals surface area contributed by atoms with Gasteiger partial charge in [0.1, 0.15) is 5.75 Å². The molecule has 1 aliphatic heterocycles. The fourth-order valence-electron chi connectivity index (χ4n) is 4.77. The zero-order valence-electron chi connectivity index (χ0n) is 18.1. The minimum absolute atomic E-state index is 0.163. The number of piperidine rings is 1. The molecule has 4 rings (SSSR count). The van der Waals surface area contributed by atoms with Crippen molar-refractivity contribution in [2.24, 2.45) is 17.8 Å². The summed E-state index contributed by atoms with van der Waals surface area (Å²) in [5.74, 6) is -2.53. The van der Waals surface area contributed by atoms with E-state index in [0.29, 0.717) is 50.2 Å². The monoisotopic (exact) mass is 465 g/mol. The molecule has 1 aliphatic carbocycles. The van der Waals surface area contributed by atoms with Crippen LogP contribution in [0.5, 0.6) is 5.75 Å². The van der Waals surface area contributed by atoms with Crippen LogP contribution in [0.3, 0.4) is 0 Å². The predicted octanol–water partition coefficient (Wildman–Crippen LogP) is 6.03. The van der Waals surface area contributed by atoms with Crippen molar-refractivity contribution < 1.29 is 32.2 Å². The van der Waals surface area contributed by atoms with Crippen LogP contribution < -0.4 is 4.74 Å². The van der Waals surface area contributed by atoms with E-state index >= 15 is 4.39 Å². The number of ether oxygens (including phenoxy) is 1. The molecule has 2 aromatic rings. The molecule has 2 fully saturated rings. The number of aromatic carboxylic acids is 1. The van der Waals surface area contributed by atoms with E-state index in [1.807, 2.05) is 4.90 Å². The number of hydrogen-bond donors (Lipinski definition) is 1. The zero-order valence-corrected chi connectivity index (χ0v) is 18.1. The van der Waals surface area contributed by atoms with E-state index in [9.17, 15) is 18.0 Å². The van der Waals surface area contributed by atoms with E-state index in [1.54, 1.807) is 36.4 Å². The standard InChI is InChI=1S/C25H27F4NO3/c26-23(17-11-13-30(14-12-17)15-19-9-10-21(19)25(27,28)29)33-22-4-2-1-3-20(22)16-5-7-18(8-6-16)24(31)32/h1-8,17,19,21,23H,9-15H2,(H,31,32). The van der Waals surface area contributed by atoms with E-state index < -0.39 is 24.4 Å². The Bertz CT molecular complexity index is 955. The third-order valence-corrected chi connectivity index (χ3v) is 6.90. The Morgan fingerprint density at radius 2 is 1.70 bits per heavy atom. The summed E-state index contributed by atoms with van der Waals surface area (Å²) in [5, 5.41) is 9.07. The fourth-order valence-corrected chi connectivity index (χ4v) is 4.77. The SMILES string of the molecule is O=C(O)c1ccc(-c2ccccc2OC(F)C2CCN(CC3CCC3C(F)(F)F)CC2)cc1. The number of likely N-dealkylation sites (tertiary alicyclic amines) is 1. The molecule has 2 aliphatic rings. The van der Waals surface area contributed by atoms with Crippen LogP contribution in [0.2, 0.25) is 0 Å². The first-order chi connectivity index (χ1) is 15.7. The molecule has 0 bridgehead atoms. The largest absolute Gasteiger partial charge is 0.478 e. The molecule has 0 spiro atoms. The van der Waals surface area contributed by atoms with Gasteiger partial charge in [0.25, 0.3) is 0 Å². The molecule has 3 atom stereocenters. The third kappa shape index (κ3) is 5.49. The minimum atomic E-state index is -4.12. The summed E-state index contributed by atoms with van der Waals surface area (Å²) in [5.41, 5.74) is 1.55. The summed E-state index contributed by atoms with van der Waals surface area (Å²) in [6.45, 7) is 1.55. The van der Waals surface area contributed by atoms with Gasteiger partial charge in [0, 0.05) is 18.0 Å². The van der Waals surface area contributed by atoms with Gasteiger partial charge in [0.05, 0.1) is 11.5 Å². The molecule has 178 valence electrons. The highest BCUT2D eigenvalue weighted by Crippen LogP contribution is 2.46. The molecule has 2 aromatic carbocycles. The van der Waals surface area contributed by atoms with Gasteiger partial charge in [-0.05, 0) is 68.5 Å². The van der Waals surface area contributed by atoms with Crippen LogP contribution in [0, 0.1) is 17.8 Å². The Labute approximate surface area is 190 Å². The normalized spacial score (nSPS) is 23.0. The van der Waals surface area contributed by atoms with Gasteiger partial charge < -0.3 is 14.7 Å². The van der Waals surface area contributed by atoms with Gasteiger partial charge in [-0.3, -0.25) is 0 Å². The number of para-hydroxylation sites is 1. The molecule has 1 saturated carbocycles. The smallest absolute Gasteiger partial charge is 0.392 e. The van der Waals surface area contributed by atoms with Gasteiger partial charge in [-0.2, -0.15) is 13.2 Å². The van der Waals surface area contributed by atoms with Gasteiger partial charge in [-0.25, -0.2) is 9.18 Å². The van der Waals surface area contributed by atoms with Crippen LogP contribution in [0.1, 0.15) is 36.0 Å². The second-order valence-electron chi connectivity index (χ2n) is 8.97. The van der Waals surface area contributed by atoms with Crippen molar-refractivity contribution in [1.29, 1.82) is 0 Å². The van der Waals surface area contributed by atoms with E-state index in [0.717, 1.165) is 5.56 Å².